The number of amides is 2. The van der Waals surface area contributed by atoms with Gasteiger partial charge in [-0.3, -0.25) is 19.8 Å². The Kier molecular flexibility index (Phi) is 5.58. The Bertz CT molecular complexity index is 1010. The molecule has 1 aromatic rings. The number of halogens is 5. The molecule has 2 amide bonds. The van der Waals surface area contributed by atoms with Crippen molar-refractivity contribution in [2.45, 2.75) is 45.3 Å². The molecule has 0 radical (unpaired) electrons. The topological polar surface area (TPSA) is 75.7 Å². The van der Waals surface area contributed by atoms with Gasteiger partial charge in [-0.1, -0.05) is 25.4 Å². The van der Waals surface area contributed by atoms with Gasteiger partial charge in [0, 0.05) is 12.1 Å². The summed E-state index contributed by atoms with van der Waals surface area (Å²) in [5, 5.41) is 1.18. The van der Waals surface area contributed by atoms with E-state index in [1.54, 1.807) is 19.2 Å². The van der Waals surface area contributed by atoms with E-state index in [-0.39, 0.29) is 30.8 Å². The normalized spacial score (nSPS) is 23.2. The molecule has 0 spiro atoms. The van der Waals surface area contributed by atoms with Gasteiger partial charge in [-0.2, -0.15) is 13.2 Å². The summed E-state index contributed by atoms with van der Waals surface area (Å²) in [6.45, 7) is 4.46. The summed E-state index contributed by atoms with van der Waals surface area (Å²) in [5.74, 6) is -3.38. The first-order valence-corrected chi connectivity index (χ1v) is 9.71. The van der Waals surface area contributed by atoms with Crippen molar-refractivity contribution in [1.29, 1.82) is 0 Å². The van der Waals surface area contributed by atoms with Gasteiger partial charge in [-0.15, -0.1) is 0 Å². The number of alkyl carbamates (subject to hydrolysis) is 1. The molecule has 2 aliphatic rings. The van der Waals surface area contributed by atoms with Crippen molar-refractivity contribution in [2.24, 2.45) is 5.41 Å². The zero-order chi connectivity index (χ0) is 23.4. The smallest absolute Gasteiger partial charge is 0.425 e. The third-order valence-electron chi connectivity index (χ3n) is 5.17. The van der Waals surface area contributed by atoms with E-state index in [2.05, 4.69) is 4.74 Å². The van der Waals surface area contributed by atoms with Crippen molar-refractivity contribution < 1.29 is 36.7 Å². The summed E-state index contributed by atoms with van der Waals surface area (Å²) in [6, 6.07) is 2.96. The minimum absolute atomic E-state index is 0.0723. The molecule has 1 atom stereocenters. The highest BCUT2D eigenvalue weighted by atomic mass is 35.5. The second-order valence-corrected chi connectivity index (χ2v) is 8.50. The maximum atomic E-state index is 14.4. The Balaban J connectivity index is 2.30. The van der Waals surface area contributed by atoms with Crippen LogP contribution < -0.4 is 10.2 Å². The number of nitrogens with one attached hydrogen (secondary N) is 1. The molecular formula is C20H19ClF4N2O4. The quantitative estimate of drug-likeness (QED) is 0.670. The van der Waals surface area contributed by atoms with Crippen molar-refractivity contribution in [2.75, 3.05) is 11.5 Å². The number of benzene rings is 1. The Labute approximate surface area is 180 Å². The van der Waals surface area contributed by atoms with Crippen molar-refractivity contribution in [3.8, 4) is 0 Å². The van der Waals surface area contributed by atoms with Gasteiger partial charge in [-0.25, -0.2) is 9.18 Å². The van der Waals surface area contributed by atoms with Crippen molar-refractivity contribution in [1.82, 2.24) is 5.32 Å². The Morgan fingerprint density at radius 3 is 2.45 bits per heavy atom. The number of Topliss-reactive ketones (excluding diaryl/α,β-unsaturated/α-hetero) is 1. The average molecular weight is 463 g/mol. The van der Waals surface area contributed by atoms with Gasteiger partial charge >= 0.3 is 12.3 Å². The maximum absolute atomic E-state index is 14.4. The molecule has 0 fully saturated rings. The summed E-state index contributed by atoms with van der Waals surface area (Å²) < 4.78 is 61.6. The lowest BCUT2D eigenvalue weighted by atomic mass is 9.72. The second-order valence-electron chi connectivity index (χ2n) is 8.09. The maximum Gasteiger partial charge on any atom is 0.425 e. The van der Waals surface area contributed by atoms with Crippen LogP contribution in [0.4, 0.5) is 28.0 Å². The molecule has 0 bridgehead atoms. The minimum atomic E-state index is -5.37. The standard InChI is InChI=1S/C20H19ClF4N2O4/c1-4-31-17(30)26-19(20(23,24)25)15-13(8-18(2,3)9-14(15)28)27(16(19)29)10-5-6-12(22)11(21)7-10/h5-7H,4,8-9H2,1-3H3,(H,26,30)/t19-/m1/s1. The lowest BCUT2D eigenvalue weighted by molar-refractivity contribution is -0.186. The summed E-state index contributed by atoms with van der Waals surface area (Å²) in [4.78, 5) is 39.0. The molecule has 1 aliphatic heterocycles. The van der Waals surface area contributed by atoms with E-state index in [1.165, 1.54) is 6.92 Å². The molecule has 168 valence electrons. The summed E-state index contributed by atoms with van der Waals surface area (Å²) in [7, 11) is 0. The highest BCUT2D eigenvalue weighted by molar-refractivity contribution is 6.31. The first-order valence-electron chi connectivity index (χ1n) is 9.33. The highest BCUT2D eigenvalue weighted by Crippen LogP contribution is 2.53. The number of carbonyl (C=O) groups excluding carboxylic acids is 3. The number of hydrogen-bond donors (Lipinski definition) is 1. The molecule has 6 nitrogen and oxygen atoms in total. The summed E-state index contributed by atoms with van der Waals surface area (Å²) in [5.41, 5.74) is -5.64. The van der Waals surface area contributed by atoms with Gasteiger partial charge in [0.1, 0.15) is 5.82 Å². The molecule has 1 N–H and O–H groups in total. The number of rotatable bonds is 3. The Morgan fingerprint density at radius 1 is 1.26 bits per heavy atom. The van der Waals surface area contributed by atoms with E-state index in [0.29, 0.717) is 4.90 Å². The molecule has 1 heterocycles. The predicted molar refractivity (Wildman–Crippen MR) is 103 cm³/mol. The number of nitrogens with zero attached hydrogens (tertiary/aromatic N) is 1. The molecular weight excluding hydrogens is 444 g/mol. The molecule has 1 aromatic carbocycles. The fourth-order valence-corrected chi connectivity index (χ4v) is 4.14. The summed E-state index contributed by atoms with van der Waals surface area (Å²) in [6.07, 6.45) is -7.21. The molecule has 1 aliphatic carbocycles. The number of carbonyl (C=O) groups is 3. The van der Waals surface area contributed by atoms with E-state index in [4.69, 9.17) is 11.6 Å². The fraction of sp³-hybridized carbons (Fsp3) is 0.450. The van der Waals surface area contributed by atoms with Gasteiger partial charge < -0.3 is 4.74 Å². The zero-order valence-corrected chi connectivity index (χ0v) is 17.6. The number of hydrogen-bond acceptors (Lipinski definition) is 4. The third-order valence-corrected chi connectivity index (χ3v) is 5.46. The first kappa shape index (κ1) is 23.1. The number of ketones is 1. The van der Waals surface area contributed by atoms with Crippen molar-refractivity contribution in [3.05, 3.63) is 40.3 Å². The van der Waals surface area contributed by atoms with Gasteiger partial charge in [0.25, 0.3) is 5.91 Å². The molecule has 0 saturated heterocycles. The van der Waals surface area contributed by atoms with E-state index in [0.717, 1.165) is 18.2 Å². The van der Waals surface area contributed by atoms with Crippen LogP contribution in [0.3, 0.4) is 0 Å². The van der Waals surface area contributed by atoms with Crippen LogP contribution in [0.5, 0.6) is 0 Å². The van der Waals surface area contributed by atoms with Crippen LogP contribution in [-0.4, -0.2) is 36.1 Å². The average Bonchev–Trinajstić information content (AvgIpc) is 2.85. The number of anilines is 1. The number of alkyl halides is 3. The molecule has 0 saturated carbocycles. The SMILES string of the molecule is CCOC(=O)N[C@@]1(C(F)(F)F)C(=O)N(c2ccc(F)c(Cl)c2)C2=C1C(=O)CC(C)(C)C2. The molecule has 0 unspecified atom stereocenters. The van der Waals surface area contributed by atoms with E-state index < -0.39 is 51.3 Å². The van der Waals surface area contributed by atoms with Crippen LogP contribution in [0.15, 0.2) is 29.5 Å². The molecule has 3 rings (SSSR count). The lowest BCUT2D eigenvalue weighted by Crippen LogP contribution is -2.66. The Hall–Kier alpha value is -2.62. The van der Waals surface area contributed by atoms with Gasteiger partial charge in [0.05, 0.1) is 22.9 Å². The minimum Gasteiger partial charge on any atom is -0.450 e. The van der Waals surface area contributed by atoms with Crippen LogP contribution >= 0.6 is 11.6 Å². The van der Waals surface area contributed by atoms with Crippen LogP contribution in [0, 0.1) is 11.2 Å². The van der Waals surface area contributed by atoms with Gasteiger partial charge in [0.2, 0.25) is 5.54 Å². The van der Waals surface area contributed by atoms with E-state index in [1.807, 2.05) is 0 Å². The molecule has 31 heavy (non-hydrogen) atoms. The van der Waals surface area contributed by atoms with Crippen LogP contribution in [0.1, 0.15) is 33.6 Å². The highest BCUT2D eigenvalue weighted by Gasteiger charge is 2.72. The van der Waals surface area contributed by atoms with Gasteiger partial charge in [0.15, 0.2) is 5.78 Å². The lowest BCUT2D eigenvalue weighted by Gasteiger charge is -2.35. The van der Waals surface area contributed by atoms with Crippen molar-refractivity contribution >= 4 is 35.1 Å². The molecule has 0 aromatic heterocycles. The van der Waals surface area contributed by atoms with Crippen LogP contribution in [0.25, 0.3) is 0 Å². The fourth-order valence-electron chi connectivity index (χ4n) is 3.97. The van der Waals surface area contributed by atoms with E-state index in [9.17, 15) is 31.9 Å². The largest absolute Gasteiger partial charge is 0.450 e. The monoisotopic (exact) mass is 462 g/mol. The third kappa shape index (κ3) is 3.66. The number of allylic oxidation sites excluding steroid dienone is 1. The first-order chi connectivity index (χ1) is 14.2. The number of ether oxygens (including phenoxy) is 1. The second kappa shape index (κ2) is 7.51. The van der Waals surface area contributed by atoms with Gasteiger partial charge in [-0.05, 0) is 37.0 Å². The van der Waals surface area contributed by atoms with Crippen molar-refractivity contribution in [3.63, 3.8) is 0 Å². The summed E-state index contributed by atoms with van der Waals surface area (Å²) >= 11 is 5.78. The van der Waals surface area contributed by atoms with Crippen LogP contribution in [-0.2, 0) is 14.3 Å². The predicted octanol–water partition coefficient (Wildman–Crippen LogP) is 4.52. The zero-order valence-electron chi connectivity index (χ0n) is 16.8. The molecule has 11 heteroatoms. The van der Waals surface area contributed by atoms with E-state index >= 15 is 0 Å². The van der Waals surface area contributed by atoms with Crippen LogP contribution in [0.2, 0.25) is 5.02 Å². The Morgan fingerprint density at radius 2 is 1.90 bits per heavy atom.